The lowest BCUT2D eigenvalue weighted by Gasteiger charge is -2.37. The molecule has 2 aliphatic rings. The second-order valence-corrected chi connectivity index (χ2v) is 5.38. The van der Waals surface area contributed by atoms with Gasteiger partial charge in [-0.15, -0.1) is 0 Å². The summed E-state index contributed by atoms with van der Waals surface area (Å²) in [7, 11) is 3.50. The molecule has 2 heterocycles. The highest BCUT2D eigenvalue weighted by molar-refractivity contribution is 5.79. The fraction of sp³-hybridized carbons (Fsp3) is 0.846. The SMILES string of the molecule is CN(C)C(=O)N1CCN(C(=O)C2CCOCC2)CC1. The Bertz CT molecular complexity index is 332. The van der Waals surface area contributed by atoms with E-state index in [0.29, 0.717) is 39.4 Å². The van der Waals surface area contributed by atoms with Crippen LogP contribution in [0.1, 0.15) is 12.8 Å². The van der Waals surface area contributed by atoms with Crippen LogP contribution in [0.5, 0.6) is 0 Å². The Balaban J connectivity index is 1.82. The second kappa shape index (κ2) is 6.23. The van der Waals surface area contributed by atoms with Gasteiger partial charge in [0.1, 0.15) is 0 Å². The molecule has 0 unspecified atom stereocenters. The number of piperazine rings is 1. The highest BCUT2D eigenvalue weighted by Crippen LogP contribution is 2.18. The molecule has 0 radical (unpaired) electrons. The van der Waals surface area contributed by atoms with Gasteiger partial charge in [-0.1, -0.05) is 0 Å². The van der Waals surface area contributed by atoms with Gasteiger partial charge < -0.3 is 19.4 Å². The van der Waals surface area contributed by atoms with Gasteiger partial charge in [0.05, 0.1) is 0 Å². The van der Waals surface area contributed by atoms with E-state index >= 15 is 0 Å². The van der Waals surface area contributed by atoms with E-state index < -0.39 is 0 Å². The number of ether oxygens (including phenoxy) is 1. The molecule has 0 aromatic heterocycles. The highest BCUT2D eigenvalue weighted by atomic mass is 16.5. The van der Waals surface area contributed by atoms with Gasteiger partial charge in [-0.25, -0.2) is 4.79 Å². The average Bonchev–Trinajstić information content (AvgIpc) is 2.46. The van der Waals surface area contributed by atoms with E-state index in [1.165, 1.54) is 0 Å². The van der Waals surface area contributed by atoms with Crippen LogP contribution in [0.3, 0.4) is 0 Å². The smallest absolute Gasteiger partial charge is 0.319 e. The minimum Gasteiger partial charge on any atom is -0.381 e. The van der Waals surface area contributed by atoms with Crippen LogP contribution in [0.4, 0.5) is 4.79 Å². The van der Waals surface area contributed by atoms with E-state index in [-0.39, 0.29) is 17.9 Å². The zero-order valence-electron chi connectivity index (χ0n) is 11.8. The number of carbonyl (C=O) groups is 2. The average molecular weight is 269 g/mol. The van der Waals surface area contributed by atoms with Crippen molar-refractivity contribution in [2.75, 3.05) is 53.5 Å². The molecule has 6 heteroatoms. The summed E-state index contributed by atoms with van der Waals surface area (Å²) in [6, 6.07) is 0.0261. The molecule has 2 rings (SSSR count). The Morgan fingerprint density at radius 3 is 2.05 bits per heavy atom. The number of hydrogen-bond acceptors (Lipinski definition) is 3. The summed E-state index contributed by atoms with van der Waals surface area (Å²) in [5.74, 6) is 0.352. The van der Waals surface area contributed by atoms with Gasteiger partial charge in [0.2, 0.25) is 5.91 Å². The van der Waals surface area contributed by atoms with E-state index in [1.54, 1.807) is 23.9 Å². The zero-order chi connectivity index (χ0) is 13.8. The number of urea groups is 1. The molecule has 0 aromatic rings. The van der Waals surface area contributed by atoms with Crippen molar-refractivity contribution in [3.63, 3.8) is 0 Å². The van der Waals surface area contributed by atoms with Crippen molar-refractivity contribution in [2.24, 2.45) is 5.92 Å². The molecule has 0 aromatic carbocycles. The second-order valence-electron chi connectivity index (χ2n) is 5.38. The molecule has 0 atom stereocenters. The van der Waals surface area contributed by atoms with Gasteiger partial charge >= 0.3 is 6.03 Å². The third-order valence-electron chi connectivity index (χ3n) is 3.81. The summed E-state index contributed by atoms with van der Waals surface area (Å²) in [5.41, 5.74) is 0. The minimum atomic E-state index is 0.0261. The number of nitrogens with zero attached hydrogens (tertiary/aromatic N) is 3. The first-order valence-corrected chi connectivity index (χ1v) is 6.92. The molecule has 2 aliphatic heterocycles. The fourth-order valence-electron chi connectivity index (χ4n) is 2.60. The molecule has 108 valence electrons. The summed E-state index contributed by atoms with van der Waals surface area (Å²) >= 11 is 0. The Kier molecular flexibility index (Phi) is 4.63. The summed E-state index contributed by atoms with van der Waals surface area (Å²) in [6.07, 6.45) is 1.66. The van der Waals surface area contributed by atoms with Gasteiger partial charge in [-0.05, 0) is 12.8 Å². The van der Waals surface area contributed by atoms with Crippen molar-refractivity contribution < 1.29 is 14.3 Å². The first kappa shape index (κ1) is 14.1. The third kappa shape index (κ3) is 3.37. The van der Waals surface area contributed by atoms with E-state index in [9.17, 15) is 9.59 Å². The van der Waals surface area contributed by atoms with Crippen LogP contribution in [-0.4, -0.2) is 80.1 Å². The molecular weight excluding hydrogens is 246 g/mol. The summed E-state index contributed by atoms with van der Waals surface area (Å²) < 4.78 is 5.28. The molecule has 0 aliphatic carbocycles. The molecule has 0 saturated carbocycles. The number of carbonyl (C=O) groups excluding carboxylic acids is 2. The van der Waals surface area contributed by atoms with Crippen LogP contribution < -0.4 is 0 Å². The van der Waals surface area contributed by atoms with E-state index in [4.69, 9.17) is 4.74 Å². The maximum atomic E-state index is 12.3. The lowest BCUT2D eigenvalue weighted by atomic mass is 9.98. The maximum Gasteiger partial charge on any atom is 0.319 e. The molecule has 0 bridgehead atoms. The lowest BCUT2D eigenvalue weighted by molar-refractivity contribution is -0.140. The monoisotopic (exact) mass is 269 g/mol. The summed E-state index contributed by atoms with van der Waals surface area (Å²) in [4.78, 5) is 29.4. The number of hydrogen-bond donors (Lipinski definition) is 0. The van der Waals surface area contributed by atoms with Crippen LogP contribution in [0.25, 0.3) is 0 Å². The first-order chi connectivity index (χ1) is 9.09. The molecule has 6 nitrogen and oxygen atoms in total. The quantitative estimate of drug-likeness (QED) is 0.685. The van der Waals surface area contributed by atoms with E-state index in [2.05, 4.69) is 0 Å². The van der Waals surface area contributed by atoms with Crippen LogP contribution >= 0.6 is 0 Å². The van der Waals surface area contributed by atoms with Crippen molar-refractivity contribution in [3.05, 3.63) is 0 Å². The topological polar surface area (TPSA) is 53.1 Å². The number of amides is 3. The predicted octanol–water partition coefficient (Wildman–Crippen LogP) is 0.239. The molecule has 2 fully saturated rings. The zero-order valence-corrected chi connectivity index (χ0v) is 11.8. The maximum absolute atomic E-state index is 12.3. The molecule has 0 N–H and O–H groups in total. The van der Waals surface area contributed by atoms with Crippen LogP contribution in [-0.2, 0) is 9.53 Å². The summed E-state index contributed by atoms with van der Waals surface area (Å²) in [6.45, 7) is 3.94. The van der Waals surface area contributed by atoms with Crippen LogP contribution in [0, 0.1) is 5.92 Å². The predicted molar refractivity (Wildman–Crippen MR) is 70.8 cm³/mol. The molecule has 19 heavy (non-hydrogen) atoms. The number of rotatable bonds is 1. The molecular formula is C13H23N3O3. The molecule has 3 amide bonds. The van der Waals surface area contributed by atoms with Gasteiger partial charge in [-0.2, -0.15) is 0 Å². The fourth-order valence-corrected chi connectivity index (χ4v) is 2.60. The van der Waals surface area contributed by atoms with Crippen molar-refractivity contribution in [2.45, 2.75) is 12.8 Å². The van der Waals surface area contributed by atoms with Gasteiger partial charge in [0.15, 0.2) is 0 Å². The van der Waals surface area contributed by atoms with Gasteiger partial charge in [-0.3, -0.25) is 4.79 Å². The Hall–Kier alpha value is -1.30. The molecule has 2 saturated heterocycles. The van der Waals surface area contributed by atoms with Gasteiger partial charge in [0.25, 0.3) is 0 Å². The normalized spacial score (nSPS) is 21.4. The van der Waals surface area contributed by atoms with Crippen LogP contribution in [0.2, 0.25) is 0 Å². The van der Waals surface area contributed by atoms with E-state index in [0.717, 1.165) is 12.8 Å². The van der Waals surface area contributed by atoms with Crippen molar-refractivity contribution >= 4 is 11.9 Å². The van der Waals surface area contributed by atoms with Crippen LogP contribution in [0.15, 0.2) is 0 Å². The standard InChI is InChI=1S/C13H23N3O3/c1-14(2)13(18)16-7-5-15(6-8-16)12(17)11-3-9-19-10-4-11/h11H,3-10H2,1-2H3. The Labute approximate surface area is 114 Å². The highest BCUT2D eigenvalue weighted by Gasteiger charge is 2.30. The molecule has 0 spiro atoms. The first-order valence-electron chi connectivity index (χ1n) is 6.92. The van der Waals surface area contributed by atoms with Crippen molar-refractivity contribution in [3.8, 4) is 0 Å². The minimum absolute atomic E-state index is 0.0261. The summed E-state index contributed by atoms with van der Waals surface area (Å²) in [5, 5.41) is 0. The lowest BCUT2D eigenvalue weighted by Crippen LogP contribution is -2.54. The Morgan fingerprint density at radius 1 is 1.00 bits per heavy atom. The van der Waals surface area contributed by atoms with Crippen molar-refractivity contribution in [1.29, 1.82) is 0 Å². The Morgan fingerprint density at radius 2 is 1.53 bits per heavy atom. The van der Waals surface area contributed by atoms with Gasteiger partial charge in [0, 0.05) is 59.4 Å². The largest absolute Gasteiger partial charge is 0.381 e. The third-order valence-corrected chi connectivity index (χ3v) is 3.81. The van der Waals surface area contributed by atoms with E-state index in [1.807, 2.05) is 4.90 Å². The van der Waals surface area contributed by atoms with Crippen molar-refractivity contribution in [1.82, 2.24) is 14.7 Å².